The van der Waals surface area contributed by atoms with Crippen molar-refractivity contribution in [3.63, 3.8) is 0 Å². The van der Waals surface area contributed by atoms with Crippen LogP contribution in [-0.2, 0) is 16.0 Å². The minimum absolute atomic E-state index is 0.0270. The second-order valence-corrected chi connectivity index (χ2v) is 7.62. The zero-order valence-electron chi connectivity index (χ0n) is 15.2. The molecule has 2 saturated heterocycles. The van der Waals surface area contributed by atoms with Gasteiger partial charge in [-0.2, -0.15) is 0 Å². The summed E-state index contributed by atoms with van der Waals surface area (Å²) in [7, 11) is 0. The summed E-state index contributed by atoms with van der Waals surface area (Å²) in [4.78, 5) is 35.4. The molecule has 3 heterocycles. The SMILES string of the molecule is NC[C@@H](O)CC(=O)N1CCC2(CCC(=O)N(CCc3cnc[nH]3)C2)CC1. The normalized spacial score (nSPS) is 21.2. The zero-order chi connectivity index (χ0) is 18.6. The van der Waals surface area contributed by atoms with Gasteiger partial charge >= 0.3 is 0 Å². The third kappa shape index (κ3) is 4.42. The number of aromatic nitrogens is 2. The van der Waals surface area contributed by atoms with E-state index in [2.05, 4.69) is 9.97 Å². The van der Waals surface area contributed by atoms with E-state index in [1.165, 1.54) is 0 Å². The van der Waals surface area contributed by atoms with E-state index in [0.29, 0.717) is 26.1 Å². The number of hydrogen-bond acceptors (Lipinski definition) is 5. The van der Waals surface area contributed by atoms with Crippen LogP contribution >= 0.6 is 0 Å². The van der Waals surface area contributed by atoms with Crippen LogP contribution in [0.25, 0.3) is 0 Å². The lowest BCUT2D eigenvalue weighted by molar-refractivity contribution is -0.143. The lowest BCUT2D eigenvalue weighted by Gasteiger charge is -2.47. The first-order valence-corrected chi connectivity index (χ1v) is 9.42. The van der Waals surface area contributed by atoms with E-state index in [4.69, 9.17) is 5.73 Å². The number of rotatable bonds is 6. The molecule has 144 valence electrons. The molecule has 26 heavy (non-hydrogen) atoms. The summed E-state index contributed by atoms with van der Waals surface area (Å²) in [5, 5.41) is 9.58. The number of nitrogens with two attached hydrogens (primary N) is 1. The highest BCUT2D eigenvalue weighted by Crippen LogP contribution is 2.40. The van der Waals surface area contributed by atoms with Crippen molar-refractivity contribution >= 4 is 11.8 Å². The molecule has 0 bridgehead atoms. The predicted molar refractivity (Wildman–Crippen MR) is 96.0 cm³/mol. The molecule has 8 nitrogen and oxygen atoms in total. The van der Waals surface area contributed by atoms with Gasteiger partial charge in [0.1, 0.15) is 0 Å². The second kappa shape index (κ2) is 8.18. The van der Waals surface area contributed by atoms with Crippen LogP contribution in [0.2, 0.25) is 0 Å². The summed E-state index contributed by atoms with van der Waals surface area (Å²) < 4.78 is 0. The van der Waals surface area contributed by atoms with Gasteiger partial charge in [0.15, 0.2) is 0 Å². The highest BCUT2D eigenvalue weighted by Gasteiger charge is 2.41. The molecule has 0 aliphatic carbocycles. The molecule has 0 saturated carbocycles. The van der Waals surface area contributed by atoms with Gasteiger partial charge in [-0.25, -0.2) is 4.98 Å². The summed E-state index contributed by atoms with van der Waals surface area (Å²) in [6.45, 7) is 2.97. The van der Waals surface area contributed by atoms with E-state index in [1.807, 2.05) is 9.80 Å². The molecule has 2 aliphatic heterocycles. The fourth-order valence-electron chi connectivity index (χ4n) is 4.04. The van der Waals surface area contributed by atoms with Crippen molar-refractivity contribution in [2.75, 3.05) is 32.7 Å². The molecule has 1 aromatic rings. The summed E-state index contributed by atoms with van der Waals surface area (Å²) in [5.74, 6) is 0.195. The number of piperidine rings is 2. The highest BCUT2D eigenvalue weighted by atomic mass is 16.3. The number of H-pyrrole nitrogens is 1. The molecule has 1 spiro atoms. The molecule has 2 aliphatic rings. The number of likely N-dealkylation sites (tertiary alicyclic amines) is 2. The average Bonchev–Trinajstić information content (AvgIpc) is 3.16. The van der Waals surface area contributed by atoms with E-state index in [0.717, 1.165) is 37.9 Å². The van der Waals surface area contributed by atoms with E-state index < -0.39 is 6.10 Å². The van der Waals surface area contributed by atoms with E-state index in [1.54, 1.807) is 12.5 Å². The Morgan fingerprint density at radius 2 is 2.15 bits per heavy atom. The molecule has 8 heteroatoms. The third-order valence-corrected chi connectivity index (χ3v) is 5.81. The molecule has 4 N–H and O–H groups in total. The van der Waals surface area contributed by atoms with Crippen molar-refractivity contribution in [3.8, 4) is 0 Å². The van der Waals surface area contributed by atoms with Crippen molar-refractivity contribution in [1.29, 1.82) is 0 Å². The van der Waals surface area contributed by atoms with Crippen molar-refractivity contribution in [2.45, 2.75) is 44.6 Å². The molecular weight excluding hydrogens is 334 g/mol. The molecule has 2 fully saturated rings. The average molecular weight is 363 g/mol. The van der Waals surface area contributed by atoms with Gasteiger partial charge in [0.2, 0.25) is 11.8 Å². The van der Waals surface area contributed by atoms with Gasteiger partial charge in [0, 0.05) is 57.5 Å². The molecule has 1 atom stereocenters. The first-order valence-electron chi connectivity index (χ1n) is 9.42. The molecule has 1 aromatic heterocycles. The van der Waals surface area contributed by atoms with Gasteiger partial charge in [0.05, 0.1) is 18.9 Å². The number of carbonyl (C=O) groups excluding carboxylic acids is 2. The minimum atomic E-state index is -0.760. The van der Waals surface area contributed by atoms with Crippen LogP contribution in [0.15, 0.2) is 12.5 Å². The number of hydrogen-bond donors (Lipinski definition) is 3. The molecule has 0 radical (unpaired) electrons. The second-order valence-electron chi connectivity index (χ2n) is 7.62. The summed E-state index contributed by atoms with van der Waals surface area (Å²) >= 11 is 0. The quantitative estimate of drug-likeness (QED) is 0.652. The monoisotopic (exact) mass is 363 g/mol. The maximum absolute atomic E-state index is 12.3. The van der Waals surface area contributed by atoms with Crippen LogP contribution in [0.3, 0.4) is 0 Å². The fraction of sp³-hybridized carbons (Fsp3) is 0.722. The Morgan fingerprint density at radius 1 is 1.38 bits per heavy atom. The fourth-order valence-corrected chi connectivity index (χ4v) is 4.04. The van der Waals surface area contributed by atoms with Crippen LogP contribution in [-0.4, -0.2) is 75.5 Å². The van der Waals surface area contributed by atoms with Crippen LogP contribution < -0.4 is 5.73 Å². The Balaban J connectivity index is 1.52. The number of aromatic amines is 1. The minimum Gasteiger partial charge on any atom is -0.391 e. The summed E-state index contributed by atoms with van der Waals surface area (Å²) in [6.07, 6.45) is 6.87. The Labute approximate surface area is 153 Å². The Morgan fingerprint density at radius 3 is 2.81 bits per heavy atom. The number of aliphatic hydroxyl groups excluding tert-OH is 1. The van der Waals surface area contributed by atoms with Crippen molar-refractivity contribution in [2.24, 2.45) is 11.1 Å². The Kier molecular flexibility index (Phi) is 5.93. The van der Waals surface area contributed by atoms with Crippen molar-refractivity contribution in [3.05, 3.63) is 18.2 Å². The smallest absolute Gasteiger partial charge is 0.225 e. The number of carbonyl (C=O) groups is 2. The highest BCUT2D eigenvalue weighted by molar-refractivity contribution is 5.78. The predicted octanol–water partition coefficient (Wildman–Crippen LogP) is -0.107. The van der Waals surface area contributed by atoms with Gasteiger partial charge in [-0.1, -0.05) is 0 Å². The van der Waals surface area contributed by atoms with E-state index in [-0.39, 0.29) is 30.2 Å². The van der Waals surface area contributed by atoms with E-state index in [9.17, 15) is 14.7 Å². The van der Waals surface area contributed by atoms with Gasteiger partial charge in [0.25, 0.3) is 0 Å². The van der Waals surface area contributed by atoms with Crippen LogP contribution in [0, 0.1) is 5.41 Å². The van der Waals surface area contributed by atoms with Crippen molar-refractivity contribution in [1.82, 2.24) is 19.8 Å². The van der Waals surface area contributed by atoms with Gasteiger partial charge in [-0.05, 0) is 24.7 Å². The summed E-state index contributed by atoms with van der Waals surface area (Å²) in [5.41, 5.74) is 6.54. The zero-order valence-corrected chi connectivity index (χ0v) is 15.2. The topological polar surface area (TPSA) is 116 Å². The first kappa shape index (κ1) is 18.8. The number of nitrogens with zero attached hydrogens (tertiary/aromatic N) is 3. The molecule has 3 rings (SSSR count). The number of imidazole rings is 1. The van der Waals surface area contributed by atoms with Gasteiger partial charge < -0.3 is 25.6 Å². The third-order valence-electron chi connectivity index (χ3n) is 5.81. The molecular formula is C18H29N5O3. The Bertz CT molecular complexity index is 610. The van der Waals surface area contributed by atoms with Gasteiger partial charge in [-0.15, -0.1) is 0 Å². The largest absolute Gasteiger partial charge is 0.391 e. The molecule has 2 amide bonds. The first-order chi connectivity index (χ1) is 12.5. The lowest BCUT2D eigenvalue weighted by atomic mass is 9.72. The lowest BCUT2D eigenvalue weighted by Crippen LogP contribution is -2.53. The maximum atomic E-state index is 12.3. The van der Waals surface area contributed by atoms with Gasteiger partial charge in [-0.3, -0.25) is 9.59 Å². The number of nitrogens with one attached hydrogen (secondary N) is 1. The maximum Gasteiger partial charge on any atom is 0.225 e. The van der Waals surface area contributed by atoms with Crippen LogP contribution in [0.4, 0.5) is 0 Å². The summed E-state index contributed by atoms with van der Waals surface area (Å²) in [6, 6.07) is 0. The Hall–Kier alpha value is -1.93. The molecule has 0 aromatic carbocycles. The van der Waals surface area contributed by atoms with Crippen LogP contribution in [0.5, 0.6) is 0 Å². The number of amides is 2. The van der Waals surface area contributed by atoms with E-state index >= 15 is 0 Å². The standard InChI is InChI=1S/C18H29N5O3/c19-10-15(24)9-17(26)22-7-4-18(5-8-22)3-1-16(25)23(12-18)6-2-14-11-20-13-21-14/h11,13,15,24H,1-10,12,19H2,(H,20,21)/t15-/m0/s1. The van der Waals surface area contributed by atoms with Crippen LogP contribution in [0.1, 0.15) is 37.8 Å². The van der Waals surface area contributed by atoms with Crippen molar-refractivity contribution < 1.29 is 14.7 Å². The number of aliphatic hydroxyl groups is 1. The molecule has 0 unspecified atom stereocenters.